The average molecular weight is 514 g/mol. The lowest BCUT2D eigenvalue weighted by molar-refractivity contribution is -0.143. The number of nitrogens with zero attached hydrogens (tertiary/aromatic N) is 4. The topological polar surface area (TPSA) is 123 Å². The molecule has 3 atom stereocenters. The molecule has 37 heavy (non-hydrogen) atoms. The highest BCUT2D eigenvalue weighted by Crippen LogP contribution is 2.43. The van der Waals surface area contributed by atoms with E-state index in [0.29, 0.717) is 50.5 Å². The Morgan fingerprint density at radius 2 is 2.00 bits per heavy atom. The van der Waals surface area contributed by atoms with Gasteiger partial charge in [-0.3, -0.25) is 14.5 Å². The second kappa shape index (κ2) is 12.4. The zero-order valence-corrected chi connectivity index (χ0v) is 21.8. The van der Waals surface area contributed by atoms with Crippen LogP contribution in [0.25, 0.3) is 0 Å². The number of aromatic nitrogens is 2. The lowest BCUT2D eigenvalue weighted by Crippen LogP contribution is -2.45. The van der Waals surface area contributed by atoms with E-state index in [0.717, 1.165) is 30.7 Å². The number of carbonyl (C=O) groups is 2. The first kappa shape index (κ1) is 26.9. The monoisotopic (exact) mass is 513 g/mol. The van der Waals surface area contributed by atoms with Gasteiger partial charge < -0.3 is 29.8 Å². The number of amides is 1. The largest absolute Gasteiger partial charge is 0.481 e. The van der Waals surface area contributed by atoms with Crippen LogP contribution in [-0.2, 0) is 23.1 Å². The number of hydrogen-bond acceptors (Lipinski definition) is 7. The fourth-order valence-electron chi connectivity index (χ4n) is 5.51. The highest BCUT2D eigenvalue weighted by atomic mass is 16.7. The van der Waals surface area contributed by atoms with Crippen LogP contribution in [0.5, 0.6) is 11.5 Å². The quantitative estimate of drug-likeness (QED) is 0.418. The van der Waals surface area contributed by atoms with Gasteiger partial charge in [-0.2, -0.15) is 0 Å². The predicted molar refractivity (Wildman–Crippen MR) is 138 cm³/mol. The lowest BCUT2D eigenvalue weighted by atomic mass is 9.83. The van der Waals surface area contributed by atoms with E-state index in [1.54, 1.807) is 6.20 Å². The Labute approximate surface area is 218 Å². The molecule has 4 rings (SSSR count). The van der Waals surface area contributed by atoms with Gasteiger partial charge in [-0.25, -0.2) is 4.98 Å². The van der Waals surface area contributed by atoms with Crippen LogP contribution in [0.1, 0.15) is 49.9 Å². The van der Waals surface area contributed by atoms with E-state index in [1.807, 2.05) is 40.9 Å². The van der Waals surface area contributed by atoms with Crippen molar-refractivity contribution in [2.45, 2.75) is 51.0 Å². The number of hydrogen-bond donors (Lipinski definition) is 2. The van der Waals surface area contributed by atoms with Gasteiger partial charge >= 0.3 is 5.97 Å². The first-order valence-corrected chi connectivity index (χ1v) is 13.2. The highest BCUT2D eigenvalue weighted by molar-refractivity contribution is 5.79. The maximum Gasteiger partial charge on any atom is 0.308 e. The smallest absolute Gasteiger partial charge is 0.308 e. The summed E-state index contributed by atoms with van der Waals surface area (Å²) in [6, 6.07) is 5.34. The van der Waals surface area contributed by atoms with Gasteiger partial charge in [0, 0.05) is 57.5 Å². The summed E-state index contributed by atoms with van der Waals surface area (Å²) in [5.74, 6) is 0.426. The summed E-state index contributed by atoms with van der Waals surface area (Å²) < 4.78 is 13.0. The van der Waals surface area contributed by atoms with Crippen molar-refractivity contribution in [3.8, 4) is 11.5 Å². The van der Waals surface area contributed by atoms with Crippen molar-refractivity contribution < 1.29 is 24.2 Å². The molecule has 3 N–H and O–H groups in total. The molecule has 1 saturated heterocycles. The number of nitrogens with two attached hydrogens (primary N) is 1. The van der Waals surface area contributed by atoms with Gasteiger partial charge in [0.1, 0.15) is 5.82 Å². The molecule has 0 spiro atoms. The molecule has 2 aliphatic heterocycles. The van der Waals surface area contributed by atoms with Crippen LogP contribution < -0.4 is 15.2 Å². The number of imidazole rings is 1. The number of unbranched alkanes of at least 4 members (excludes halogenated alkanes) is 1. The van der Waals surface area contributed by atoms with Gasteiger partial charge in [0.25, 0.3) is 0 Å². The van der Waals surface area contributed by atoms with Crippen LogP contribution in [0.4, 0.5) is 0 Å². The Bertz CT molecular complexity index is 1070. The summed E-state index contributed by atoms with van der Waals surface area (Å²) in [7, 11) is 1.94. The average Bonchev–Trinajstić information content (AvgIpc) is 3.60. The minimum absolute atomic E-state index is 0.0272. The maximum atomic E-state index is 13.5. The van der Waals surface area contributed by atoms with Gasteiger partial charge in [0.2, 0.25) is 12.7 Å². The number of benzene rings is 1. The molecule has 2 aromatic rings. The number of aliphatic carboxylic acids is 1. The second-order valence-corrected chi connectivity index (χ2v) is 9.95. The van der Waals surface area contributed by atoms with E-state index >= 15 is 0 Å². The Hall–Kier alpha value is -3.11. The van der Waals surface area contributed by atoms with Crippen molar-refractivity contribution in [1.29, 1.82) is 0 Å². The normalized spacial score (nSPS) is 20.9. The third kappa shape index (κ3) is 6.24. The number of carboxylic acid groups (broad SMARTS) is 1. The summed E-state index contributed by atoms with van der Waals surface area (Å²) in [6.07, 6.45) is 7.52. The molecule has 0 aliphatic carbocycles. The SMILES string of the molecule is CCCCN(CCCN)C(=O)CN1C[C@H](c2ccc3c(c2)OCO3)C(C(=O)O)[C@@H]1CCc1nccn1C. The fraction of sp³-hybridized carbons (Fsp3) is 0.593. The number of ether oxygens (including phenoxy) is 2. The van der Waals surface area contributed by atoms with Crippen LogP contribution in [0.2, 0.25) is 0 Å². The molecule has 1 aromatic heterocycles. The fourth-order valence-corrected chi connectivity index (χ4v) is 5.51. The Kier molecular flexibility index (Phi) is 9.04. The highest BCUT2D eigenvalue weighted by Gasteiger charge is 2.47. The van der Waals surface area contributed by atoms with Crippen molar-refractivity contribution in [2.24, 2.45) is 18.7 Å². The molecular weight excluding hydrogens is 474 g/mol. The van der Waals surface area contributed by atoms with Crippen LogP contribution in [0.3, 0.4) is 0 Å². The van der Waals surface area contributed by atoms with E-state index in [1.165, 1.54) is 0 Å². The minimum Gasteiger partial charge on any atom is -0.481 e. The lowest BCUT2D eigenvalue weighted by Gasteiger charge is -2.29. The zero-order valence-electron chi connectivity index (χ0n) is 21.8. The first-order valence-electron chi connectivity index (χ1n) is 13.2. The van der Waals surface area contributed by atoms with Crippen molar-refractivity contribution in [3.05, 3.63) is 42.0 Å². The van der Waals surface area contributed by atoms with Gasteiger partial charge in [-0.15, -0.1) is 0 Å². The van der Waals surface area contributed by atoms with Gasteiger partial charge in [0.15, 0.2) is 11.5 Å². The molecule has 10 heteroatoms. The van der Waals surface area contributed by atoms with E-state index < -0.39 is 11.9 Å². The van der Waals surface area contributed by atoms with Crippen molar-refractivity contribution in [2.75, 3.05) is 39.5 Å². The molecule has 202 valence electrons. The molecule has 1 unspecified atom stereocenters. The van der Waals surface area contributed by atoms with Gasteiger partial charge in [0.05, 0.1) is 12.5 Å². The molecule has 1 aromatic carbocycles. The predicted octanol–water partition coefficient (Wildman–Crippen LogP) is 2.23. The summed E-state index contributed by atoms with van der Waals surface area (Å²) in [5, 5.41) is 10.4. The minimum atomic E-state index is -0.853. The number of fused-ring (bicyclic) bond motifs is 1. The number of carbonyl (C=O) groups excluding carboxylic acids is 1. The van der Waals surface area contributed by atoms with Crippen LogP contribution in [0, 0.1) is 5.92 Å². The van der Waals surface area contributed by atoms with Crippen molar-refractivity contribution in [3.63, 3.8) is 0 Å². The van der Waals surface area contributed by atoms with Crippen molar-refractivity contribution in [1.82, 2.24) is 19.4 Å². The third-order valence-corrected chi connectivity index (χ3v) is 7.55. The van der Waals surface area contributed by atoms with E-state index in [4.69, 9.17) is 15.2 Å². The summed E-state index contributed by atoms with van der Waals surface area (Å²) in [6.45, 7) is 4.77. The summed E-state index contributed by atoms with van der Waals surface area (Å²) >= 11 is 0. The molecule has 2 aliphatic rings. The number of aryl methyl sites for hydroxylation is 2. The first-order chi connectivity index (χ1) is 17.9. The molecule has 3 heterocycles. The Morgan fingerprint density at radius 3 is 2.70 bits per heavy atom. The van der Waals surface area contributed by atoms with Crippen LogP contribution >= 0.6 is 0 Å². The molecule has 0 saturated carbocycles. The van der Waals surface area contributed by atoms with Crippen LogP contribution in [0.15, 0.2) is 30.6 Å². The zero-order chi connectivity index (χ0) is 26.4. The summed E-state index contributed by atoms with van der Waals surface area (Å²) in [4.78, 5) is 34.5. The molecule has 0 radical (unpaired) electrons. The molecule has 1 amide bonds. The maximum absolute atomic E-state index is 13.5. The number of likely N-dealkylation sites (tertiary alicyclic amines) is 1. The number of rotatable bonds is 13. The molecule has 0 bridgehead atoms. The summed E-state index contributed by atoms with van der Waals surface area (Å²) in [5.41, 5.74) is 6.61. The Balaban J connectivity index is 1.59. The second-order valence-electron chi connectivity index (χ2n) is 9.95. The number of carboxylic acids is 1. The van der Waals surface area contributed by atoms with Crippen molar-refractivity contribution >= 4 is 11.9 Å². The van der Waals surface area contributed by atoms with E-state index in [2.05, 4.69) is 16.8 Å². The van der Waals surface area contributed by atoms with Gasteiger partial charge in [-0.05, 0) is 43.5 Å². The third-order valence-electron chi connectivity index (χ3n) is 7.55. The molecule has 10 nitrogen and oxygen atoms in total. The standard InChI is InChI=1S/C27H39N5O5/c1-3-4-12-31(13-5-10-28)25(33)17-32-16-20(19-6-8-22-23(15-19)37-18-36-22)26(27(34)35)21(32)7-9-24-29-11-14-30(24)2/h6,8,11,14-15,20-21,26H,3-5,7,9-10,12-13,16-18,28H2,1-2H3,(H,34,35)/t20-,21+,26?/m1/s1. The van der Waals surface area contributed by atoms with E-state index in [9.17, 15) is 14.7 Å². The molecular formula is C27H39N5O5. The van der Waals surface area contributed by atoms with Crippen LogP contribution in [-0.4, -0.2) is 81.9 Å². The van der Waals surface area contributed by atoms with Gasteiger partial charge in [-0.1, -0.05) is 19.4 Å². The van der Waals surface area contributed by atoms with E-state index in [-0.39, 0.29) is 31.2 Å². The Morgan fingerprint density at radius 1 is 1.22 bits per heavy atom. The molecule has 1 fully saturated rings.